The van der Waals surface area contributed by atoms with Gasteiger partial charge in [0.25, 0.3) is 5.91 Å². The minimum atomic E-state index is -0.358. The van der Waals surface area contributed by atoms with E-state index in [1.54, 1.807) is 0 Å². The number of nitrogens with zero attached hydrogens (tertiary/aromatic N) is 1. The molecule has 0 unspecified atom stereocenters. The number of rotatable bonds is 4. The second-order valence-electron chi connectivity index (χ2n) is 2.62. The van der Waals surface area contributed by atoms with Gasteiger partial charge in [-0.3, -0.25) is 9.59 Å². The molecule has 5 nitrogen and oxygen atoms in total. The van der Waals surface area contributed by atoms with Gasteiger partial charge in [-0.05, 0) is 6.26 Å². The number of anilines is 1. The second kappa shape index (κ2) is 6.07. The van der Waals surface area contributed by atoms with E-state index in [2.05, 4.69) is 15.6 Å². The number of nitrogens with one attached hydrogen (secondary N) is 2. The number of carbonyl (C=O) groups excluding carboxylic acids is 2. The summed E-state index contributed by atoms with van der Waals surface area (Å²) < 4.78 is 0.712. The van der Waals surface area contributed by atoms with Crippen LogP contribution in [0.4, 0.5) is 5.00 Å². The molecule has 0 aliphatic rings. The fourth-order valence-electron chi connectivity index (χ4n) is 0.905. The van der Waals surface area contributed by atoms with Crippen LogP contribution in [0.5, 0.6) is 0 Å². The molecule has 1 aromatic heterocycles. The third-order valence-corrected chi connectivity index (χ3v) is 3.80. The van der Waals surface area contributed by atoms with Gasteiger partial charge in [0.05, 0.1) is 0 Å². The Labute approximate surface area is 106 Å². The minimum absolute atomic E-state index is 0.153. The van der Waals surface area contributed by atoms with Crippen LogP contribution in [0.2, 0.25) is 0 Å². The Morgan fingerprint density at radius 1 is 1.56 bits per heavy atom. The molecule has 1 aromatic rings. The van der Waals surface area contributed by atoms with Gasteiger partial charge >= 0.3 is 0 Å². The predicted molar refractivity (Wildman–Crippen MR) is 66.6 cm³/mol. The summed E-state index contributed by atoms with van der Waals surface area (Å²) in [5, 5.41) is 5.43. The highest BCUT2D eigenvalue weighted by atomic mass is 35.5. The van der Waals surface area contributed by atoms with Crippen molar-refractivity contribution in [3.8, 4) is 0 Å². The molecule has 1 rings (SSSR count). The van der Waals surface area contributed by atoms with Crippen LogP contribution in [0.3, 0.4) is 0 Å². The molecule has 8 heteroatoms. The standard InChI is InChI=1S/C8H10ClN3O2S2/c1-10-6(14)5-7(11-4(13)3-9)16-8(12-5)15-2/h3H2,1-2H3,(H,10,14)(H,11,13). The van der Waals surface area contributed by atoms with Crippen LogP contribution in [0.1, 0.15) is 10.5 Å². The Hall–Kier alpha value is -0.790. The van der Waals surface area contributed by atoms with Crippen molar-refractivity contribution in [1.29, 1.82) is 0 Å². The Morgan fingerprint density at radius 3 is 2.75 bits per heavy atom. The summed E-state index contributed by atoms with van der Waals surface area (Å²) in [4.78, 5) is 26.7. The zero-order valence-electron chi connectivity index (χ0n) is 8.67. The summed E-state index contributed by atoms with van der Waals surface area (Å²) >= 11 is 8.03. The molecule has 88 valence electrons. The van der Waals surface area contributed by atoms with Crippen molar-refractivity contribution in [2.75, 3.05) is 24.5 Å². The monoisotopic (exact) mass is 279 g/mol. The van der Waals surface area contributed by atoms with Gasteiger partial charge in [0.1, 0.15) is 10.9 Å². The Balaban J connectivity index is 3.00. The third kappa shape index (κ3) is 3.10. The second-order valence-corrected chi connectivity index (χ2v) is 4.94. The maximum Gasteiger partial charge on any atom is 0.272 e. The number of thiazole rings is 1. The Morgan fingerprint density at radius 2 is 2.25 bits per heavy atom. The SMILES string of the molecule is CNC(=O)c1nc(SC)sc1NC(=O)CCl. The molecule has 0 radical (unpaired) electrons. The summed E-state index contributed by atoms with van der Waals surface area (Å²) in [5.74, 6) is -0.843. The van der Waals surface area contributed by atoms with Gasteiger partial charge in [0, 0.05) is 7.05 Å². The lowest BCUT2D eigenvalue weighted by Crippen LogP contribution is -2.21. The number of aromatic nitrogens is 1. The fourth-order valence-corrected chi connectivity index (χ4v) is 2.45. The van der Waals surface area contributed by atoms with Crippen LogP contribution < -0.4 is 10.6 Å². The van der Waals surface area contributed by atoms with E-state index in [0.717, 1.165) is 0 Å². The van der Waals surface area contributed by atoms with E-state index in [4.69, 9.17) is 11.6 Å². The van der Waals surface area contributed by atoms with E-state index in [0.29, 0.717) is 9.34 Å². The van der Waals surface area contributed by atoms with E-state index in [-0.39, 0.29) is 23.4 Å². The summed E-state index contributed by atoms with van der Waals surface area (Å²) in [6, 6.07) is 0. The topological polar surface area (TPSA) is 71.1 Å². The van der Waals surface area contributed by atoms with Gasteiger partial charge in [-0.1, -0.05) is 23.1 Å². The van der Waals surface area contributed by atoms with Gasteiger partial charge < -0.3 is 10.6 Å². The molecule has 0 bridgehead atoms. The van der Waals surface area contributed by atoms with Crippen LogP contribution in [-0.2, 0) is 4.79 Å². The minimum Gasteiger partial charge on any atom is -0.354 e. The summed E-state index contributed by atoms with van der Waals surface area (Å²) in [5.41, 5.74) is 0.218. The van der Waals surface area contributed by atoms with Crippen LogP contribution in [0, 0.1) is 0 Å². The third-order valence-electron chi connectivity index (χ3n) is 1.60. The number of thioether (sulfide) groups is 1. The molecular formula is C8H10ClN3O2S2. The molecule has 1 heterocycles. The van der Waals surface area contributed by atoms with E-state index >= 15 is 0 Å². The van der Waals surface area contributed by atoms with Crippen LogP contribution >= 0.6 is 34.7 Å². The quantitative estimate of drug-likeness (QED) is 0.646. The molecule has 0 aliphatic carbocycles. The molecule has 2 amide bonds. The van der Waals surface area contributed by atoms with E-state index in [1.807, 2.05) is 6.26 Å². The van der Waals surface area contributed by atoms with Gasteiger partial charge in [-0.25, -0.2) is 4.98 Å². The summed E-state index contributed by atoms with van der Waals surface area (Å²) in [6.45, 7) is 0. The largest absolute Gasteiger partial charge is 0.354 e. The summed E-state index contributed by atoms with van der Waals surface area (Å²) in [6.07, 6.45) is 1.85. The van der Waals surface area contributed by atoms with Gasteiger partial charge in [0.15, 0.2) is 10.0 Å². The van der Waals surface area contributed by atoms with Crippen molar-refractivity contribution in [2.24, 2.45) is 0 Å². The molecule has 0 spiro atoms. The van der Waals surface area contributed by atoms with Crippen molar-refractivity contribution in [1.82, 2.24) is 10.3 Å². The van der Waals surface area contributed by atoms with Gasteiger partial charge in [-0.15, -0.1) is 11.6 Å². The molecule has 0 fully saturated rings. The highest BCUT2D eigenvalue weighted by Gasteiger charge is 2.18. The number of carbonyl (C=O) groups is 2. The van der Waals surface area contributed by atoms with Crippen molar-refractivity contribution < 1.29 is 9.59 Å². The number of halogens is 1. The molecule has 0 aliphatic heterocycles. The number of amides is 2. The highest BCUT2D eigenvalue weighted by Crippen LogP contribution is 2.30. The lowest BCUT2D eigenvalue weighted by molar-refractivity contribution is -0.113. The average molecular weight is 280 g/mol. The first-order valence-corrected chi connectivity index (χ1v) is 6.82. The molecule has 0 atom stereocenters. The first-order chi connectivity index (χ1) is 7.62. The van der Waals surface area contributed by atoms with Crippen molar-refractivity contribution in [2.45, 2.75) is 4.34 Å². The Kier molecular flexibility index (Phi) is 5.04. The number of hydrogen-bond acceptors (Lipinski definition) is 5. The average Bonchev–Trinajstić information content (AvgIpc) is 2.71. The molecule has 0 aromatic carbocycles. The number of hydrogen-bond donors (Lipinski definition) is 2. The van der Waals surface area contributed by atoms with Crippen LogP contribution in [0.15, 0.2) is 4.34 Å². The van der Waals surface area contributed by atoms with Crippen LogP contribution in [-0.4, -0.2) is 36.0 Å². The molecular weight excluding hydrogens is 270 g/mol. The molecule has 0 saturated heterocycles. The maximum absolute atomic E-state index is 11.5. The Bertz CT molecular complexity index is 408. The highest BCUT2D eigenvalue weighted by molar-refractivity contribution is 8.00. The van der Waals surface area contributed by atoms with Gasteiger partial charge in [0.2, 0.25) is 5.91 Å². The lowest BCUT2D eigenvalue weighted by Gasteiger charge is -2.01. The number of alkyl halides is 1. The molecule has 0 saturated carbocycles. The molecule has 2 N–H and O–H groups in total. The predicted octanol–water partition coefficient (Wildman–Crippen LogP) is 1.40. The smallest absolute Gasteiger partial charge is 0.272 e. The van der Waals surface area contributed by atoms with Crippen LogP contribution in [0.25, 0.3) is 0 Å². The van der Waals surface area contributed by atoms with E-state index < -0.39 is 0 Å². The molecule has 16 heavy (non-hydrogen) atoms. The van der Waals surface area contributed by atoms with Gasteiger partial charge in [-0.2, -0.15) is 0 Å². The zero-order valence-corrected chi connectivity index (χ0v) is 11.1. The normalized spacial score (nSPS) is 9.94. The van der Waals surface area contributed by atoms with E-state index in [9.17, 15) is 9.59 Å². The first kappa shape index (κ1) is 13.3. The lowest BCUT2D eigenvalue weighted by atomic mass is 10.4. The van der Waals surface area contributed by atoms with Crippen molar-refractivity contribution in [3.05, 3.63) is 5.69 Å². The zero-order chi connectivity index (χ0) is 12.1. The fraction of sp³-hybridized carbons (Fsp3) is 0.375. The summed E-state index contributed by atoms with van der Waals surface area (Å²) in [7, 11) is 1.51. The first-order valence-electron chi connectivity index (χ1n) is 4.25. The van der Waals surface area contributed by atoms with Crippen molar-refractivity contribution >= 4 is 51.5 Å². The maximum atomic E-state index is 11.5. The van der Waals surface area contributed by atoms with E-state index in [1.165, 1.54) is 30.1 Å². The van der Waals surface area contributed by atoms with Crippen molar-refractivity contribution in [3.63, 3.8) is 0 Å².